The second-order valence-electron chi connectivity index (χ2n) is 28.6. The lowest BCUT2D eigenvalue weighted by molar-refractivity contribution is -0.274. The highest BCUT2D eigenvalue weighted by atomic mass is 32.2. The molecule has 9 aromatic rings. The molecule has 0 radical (unpaired) electrons. The molecule has 6 aromatic carbocycles. The predicted molar refractivity (Wildman–Crippen MR) is 420 cm³/mol. The molecule has 3 saturated heterocycles. The Bertz CT molecular complexity index is 5120. The number of ether oxygens (including phenoxy) is 7. The van der Waals surface area contributed by atoms with E-state index in [4.69, 9.17) is 47.2 Å². The molecule has 119 heavy (non-hydrogen) atoms. The summed E-state index contributed by atoms with van der Waals surface area (Å²) < 4.78 is 166. The first-order valence-electron chi connectivity index (χ1n) is 38.4. The molecule has 3 fully saturated rings. The van der Waals surface area contributed by atoms with Crippen molar-refractivity contribution in [1.82, 2.24) is 56.7 Å². The normalized spacial score (nSPS) is 15.6. The highest BCUT2D eigenvalue weighted by molar-refractivity contribution is 7.94. The quantitative estimate of drug-likeness (QED) is 0.0122. The van der Waals surface area contributed by atoms with Crippen LogP contribution in [0.15, 0.2) is 174 Å². The number of rotatable bonds is 35. The first-order chi connectivity index (χ1) is 57.0. The van der Waals surface area contributed by atoms with Gasteiger partial charge in [0.25, 0.3) is 17.7 Å². The average molecular weight is 1720 g/mol. The molecule has 0 spiro atoms. The number of nitrogens with one attached hydrogen (secondary N) is 3. The van der Waals surface area contributed by atoms with Gasteiger partial charge in [0.15, 0.2) is 43.8 Å². The van der Waals surface area contributed by atoms with Gasteiger partial charge < -0.3 is 56.5 Å². The molecule has 0 saturated carbocycles. The van der Waals surface area contributed by atoms with Crippen molar-refractivity contribution in [2.45, 2.75) is 140 Å². The molecule has 6 N–H and O–H groups in total. The number of amides is 3. The van der Waals surface area contributed by atoms with Gasteiger partial charge >= 0.3 is 6.36 Å². The third kappa shape index (κ3) is 22.7. The van der Waals surface area contributed by atoms with Crippen molar-refractivity contribution in [2.24, 2.45) is 5.92 Å². The van der Waals surface area contributed by atoms with Crippen LogP contribution in [0, 0.1) is 12.8 Å². The summed E-state index contributed by atoms with van der Waals surface area (Å²) >= 11 is 0. The minimum absolute atomic E-state index is 0.00742. The number of benzene rings is 6. The van der Waals surface area contributed by atoms with Crippen molar-refractivity contribution in [3.63, 3.8) is 0 Å². The number of hydrogen-bond acceptors (Lipinski definition) is 30. The number of aromatic nitrogens is 6. The highest BCUT2D eigenvalue weighted by Gasteiger charge is 2.55. The fourth-order valence-electron chi connectivity index (χ4n) is 13.6. The number of hydrogen-bond donors (Lipinski definition) is 6. The van der Waals surface area contributed by atoms with Crippen LogP contribution in [0.3, 0.4) is 0 Å². The minimum Gasteiger partial charge on any atom is -0.494 e. The van der Waals surface area contributed by atoms with Crippen molar-refractivity contribution in [2.75, 3.05) is 92.6 Å². The van der Waals surface area contributed by atoms with E-state index < -0.39 is 67.8 Å². The standard InChI is InChI=1S/C31H42N4O8S.C26H29F3N4O7S.C23H25N3O7S/c1-22(2)21-42-25-9-12-27(23(3)20-25)29-32-28(43-34-29)6-5-18-41-24-7-10-26(11-8-24)44(38,39)31(30(36)33-37)13-15-35(16-14-31)17-19-40-4;1-2-33-15-13-25(14-16-33,24(34)31-35)41(36,37)21-11-9-19(10-12-21)38-17-3-4-22-30-23(32-40-22)18-5-7-20(8-6-18)39-26(27,28)29;27-22(25-28)23(12-15-31-16-13-23)34(29,30)19-10-8-18(9-11-19)32-14-4-7-20-24-21(26-33-20)17-5-2-1-3-6-17/h7-12,20,22,37H,5-6,13-19,21H2,1-4H3,(H,33,36);5-12,35H,2-4,13-17H2,1H3,(H,31,34);1-3,5-6,8-11,28H,4,7,12-16H2,(H,25,27). The molecule has 3 amide bonds. The monoisotopic (exact) mass is 1720 g/mol. The number of likely N-dealkylation sites (tertiary alicyclic amines) is 2. The van der Waals surface area contributed by atoms with E-state index in [9.17, 15) is 63.2 Å². The van der Waals surface area contributed by atoms with Gasteiger partial charge in [-0.3, -0.25) is 30.0 Å². The van der Waals surface area contributed by atoms with Crippen LogP contribution in [0.4, 0.5) is 13.2 Å². The molecule has 0 aliphatic carbocycles. The molecule has 39 heteroatoms. The summed E-state index contributed by atoms with van der Waals surface area (Å²) in [7, 11) is -10.7. The Kier molecular flexibility index (Phi) is 31.6. The smallest absolute Gasteiger partial charge is 0.494 e. The Hall–Kier alpha value is -10.5. The third-order valence-electron chi connectivity index (χ3n) is 20.4. The first kappa shape index (κ1) is 90.8. The summed E-state index contributed by atoms with van der Waals surface area (Å²) in [5.74, 6) is 2.03. The van der Waals surface area contributed by atoms with Crippen LogP contribution in [0.5, 0.6) is 28.7 Å². The lowest BCUT2D eigenvalue weighted by Crippen LogP contribution is -2.57. The number of piperidine rings is 2. The molecule has 642 valence electrons. The summed E-state index contributed by atoms with van der Waals surface area (Å²) in [4.78, 5) is 54.7. The first-order valence-corrected chi connectivity index (χ1v) is 42.9. The highest BCUT2D eigenvalue weighted by Crippen LogP contribution is 2.40. The van der Waals surface area contributed by atoms with Crippen molar-refractivity contribution >= 4 is 47.2 Å². The van der Waals surface area contributed by atoms with Crippen LogP contribution in [0.2, 0.25) is 0 Å². The molecule has 0 unspecified atom stereocenters. The second-order valence-corrected chi connectivity index (χ2v) is 35.4. The lowest BCUT2D eigenvalue weighted by atomic mass is 9.95. The fourth-order valence-corrected chi connectivity index (χ4v) is 19.4. The number of carbonyl (C=O) groups excluding carboxylic acids is 3. The zero-order chi connectivity index (χ0) is 85.4. The summed E-state index contributed by atoms with van der Waals surface area (Å²) in [5, 5.41) is 39.8. The molecule has 0 bridgehead atoms. The Morgan fingerprint density at radius 2 is 0.874 bits per heavy atom. The largest absolute Gasteiger partial charge is 0.573 e. The SMILES string of the molecule is CCN1CCC(C(=O)NO)(S(=O)(=O)c2ccc(OCCCc3nc(-c4ccc(OC(F)(F)F)cc4)no3)cc2)CC1.COCCN1CCC(C(=O)NO)(S(=O)(=O)c2ccc(OCCCc3nc(-c4ccc(OCC(C)C)cc4C)no3)cc2)CC1.O=C(NO)C1(S(=O)(=O)c2ccc(OCCCc3nc(-c4ccccc4)no3)cc2)CCOCC1. The average Bonchev–Trinajstić information content (AvgIpc) is 0.780. The van der Waals surface area contributed by atoms with E-state index in [0.717, 1.165) is 41.1 Å². The molecular weight excluding hydrogens is 1620 g/mol. The Balaban J connectivity index is 0.000000189. The number of aryl methyl sites for hydroxylation is 4. The second kappa shape index (κ2) is 41.5. The van der Waals surface area contributed by atoms with Crippen LogP contribution in [0.25, 0.3) is 34.2 Å². The maximum atomic E-state index is 13.7. The number of sulfone groups is 3. The topological polar surface area (TPSA) is 438 Å². The van der Waals surface area contributed by atoms with Gasteiger partial charge in [0.2, 0.25) is 35.1 Å². The molecule has 6 heterocycles. The van der Waals surface area contributed by atoms with E-state index in [1.165, 1.54) is 78.3 Å². The third-order valence-corrected chi connectivity index (χ3v) is 27.9. The molecule has 3 aliphatic rings. The van der Waals surface area contributed by atoms with Gasteiger partial charge in [-0.05, 0) is 198 Å². The van der Waals surface area contributed by atoms with E-state index in [0.29, 0.717) is 156 Å². The van der Waals surface area contributed by atoms with E-state index in [1.54, 1.807) is 30.2 Å². The summed E-state index contributed by atoms with van der Waals surface area (Å²) in [5.41, 5.74) is 7.83. The number of halogens is 3. The van der Waals surface area contributed by atoms with Crippen molar-refractivity contribution in [3.8, 4) is 62.9 Å². The van der Waals surface area contributed by atoms with Gasteiger partial charge in [0.1, 0.15) is 28.7 Å². The Morgan fingerprint density at radius 3 is 1.26 bits per heavy atom. The van der Waals surface area contributed by atoms with Crippen LogP contribution >= 0.6 is 0 Å². The van der Waals surface area contributed by atoms with Crippen molar-refractivity contribution < 1.29 is 115 Å². The van der Waals surface area contributed by atoms with E-state index in [1.807, 2.05) is 72.2 Å². The Labute approximate surface area is 685 Å². The maximum Gasteiger partial charge on any atom is 0.573 e. The van der Waals surface area contributed by atoms with Crippen LogP contribution < -0.4 is 40.1 Å². The van der Waals surface area contributed by atoms with Gasteiger partial charge in [0, 0.05) is 89.0 Å². The summed E-state index contributed by atoms with van der Waals surface area (Å²) in [6.45, 7) is 13.4. The number of nitrogens with zero attached hydrogens (tertiary/aromatic N) is 8. The minimum atomic E-state index is -4.78. The van der Waals surface area contributed by atoms with Crippen LogP contribution in [-0.4, -0.2) is 212 Å². The van der Waals surface area contributed by atoms with Gasteiger partial charge in [-0.25, -0.2) is 41.7 Å². The van der Waals surface area contributed by atoms with Crippen molar-refractivity contribution in [3.05, 3.63) is 169 Å². The van der Waals surface area contributed by atoms with Crippen LogP contribution in [0.1, 0.15) is 102 Å². The maximum absolute atomic E-state index is 13.7. The number of methoxy groups -OCH3 is 1. The number of carbonyl (C=O) groups is 3. The van der Waals surface area contributed by atoms with E-state index in [2.05, 4.69) is 49.0 Å². The van der Waals surface area contributed by atoms with E-state index in [-0.39, 0.29) is 84.6 Å². The van der Waals surface area contributed by atoms with Gasteiger partial charge in [-0.15, -0.1) is 13.2 Å². The summed E-state index contributed by atoms with van der Waals surface area (Å²) in [6.07, 6.45) is -1.53. The fraction of sp³-hybridized carbons (Fsp3) is 0.438. The summed E-state index contributed by atoms with van der Waals surface area (Å²) in [6, 6.07) is 38.0. The molecule has 0 atom stereocenters. The van der Waals surface area contributed by atoms with Crippen LogP contribution in [-0.2, 0) is 72.6 Å². The molecule has 3 aliphatic heterocycles. The van der Waals surface area contributed by atoms with Gasteiger partial charge in [-0.1, -0.05) is 66.6 Å². The van der Waals surface area contributed by atoms with Crippen molar-refractivity contribution in [1.29, 1.82) is 0 Å². The number of alkyl halides is 3. The zero-order valence-corrected chi connectivity index (χ0v) is 68.6. The molecular formula is C80H96F3N11O22S3. The Morgan fingerprint density at radius 1 is 0.496 bits per heavy atom. The zero-order valence-electron chi connectivity index (χ0n) is 66.1. The van der Waals surface area contributed by atoms with Gasteiger partial charge in [-0.2, -0.15) is 15.0 Å². The molecule has 33 nitrogen and oxygen atoms in total. The number of hydroxylamine groups is 3. The van der Waals surface area contributed by atoms with E-state index >= 15 is 0 Å². The van der Waals surface area contributed by atoms with Gasteiger partial charge in [0.05, 0.1) is 47.7 Å². The predicted octanol–water partition coefficient (Wildman–Crippen LogP) is 10.2. The molecule has 12 rings (SSSR count). The lowest BCUT2D eigenvalue weighted by Gasteiger charge is -2.39. The molecule has 3 aromatic heterocycles.